The monoisotopic (exact) mass is 475 g/mol. The van der Waals surface area contributed by atoms with E-state index in [1.54, 1.807) is 25.1 Å². The van der Waals surface area contributed by atoms with Gasteiger partial charge in [-0.05, 0) is 42.2 Å². The van der Waals surface area contributed by atoms with Gasteiger partial charge in [-0.3, -0.25) is 0 Å². The quantitative estimate of drug-likeness (QED) is 0.498. The molecule has 1 aliphatic heterocycles. The third-order valence-corrected chi connectivity index (χ3v) is 6.09. The summed E-state index contributed by atoms with van der Waals surface area (Å²) in [6, 6.07) is 7.02. The Morgan fingerprint density at radius 3 is 2.47 bits per heavy atom. The summed E-state index contributed by atoms with van der Waals surface area (Å²) in [5, 5.41) is 13.1. The molecular weight excluding hydrogens is 441 g/mol. The molecule has 2 aromatic rings. The van der Waals surface area contributed by atoms with Gasteiger partial charge in [0.05, 0.1) is 20.8 Å². The van der Waals surface area contributed by atoms with Crippen LogP contribution in [0.3, 0.4) is 0 Å². The first kappa shape index (κ1) is 25.8. The molecule has 0 spiro atoms. The molecular formula is C26H34FNO6. The lowest BCUT2D eigenvalue weighted by atomic mass is 9.89. The van der Waals surface area contributed by atoms with E-state index in [0.29, 0.717) is 66.7 Å². The Hall–Kier alpha value is -2.84. The predicted octanol–water partition coefficient (Wildman–Crippen LogP) is 5.04. The summed E-state index contributed by atoms with van der Waals surface area (Å²) in [5.41, 5.74) is 1.77. The van der Waals surface area contributed by atoms with Crippen molar-refractivity contribution < 1.29 is 33.2 Å². The van der Waals surface area contributed by atoms with Gasteiger partial charge in [0, 0.05) is 49.5 Å². The molecule has 0 amide bonds. The summed E-state index contributed by atoms with van der Waals surface area (Å²) >= 11 is 0. The van der Waals surface area contributed by atoms with Crippen LogP contribution in [0.15, 0.2) is 24.3 Å². The number of methoxy groups -OCH3 is 2. The molecule has 1 aliphatic rings. The largest absolute Gasteiger partial charge is 0.496 e. The van der Waals surface area contributed by atoms with Crippen molar-refractivity contribution in [3.63, 3.8) is 0 Å². The third kappa shape index (κ3) is 5.45. The van der Waals surface area contributed by atoms with Crippen LogP contribution < -0.4 is 14.8 Å². The number of aliphatic carboxylic acids is 1. The molecule has 0 atom stereocenters. The second-order valence-corrected chi connectivity index (χ2v) is 9.00. The Balaban J connectivity index is 2.07. The molecule has 34 heavy (non-hydrogen) atoms. The summed E-state index contributed by atoms with van der Waals surface area (Å²) < 4.78 is 37.5. The van der Waals surface area contributed by atoms with Crippen molar-refractivity contribution in [1.82, 2.24) is 0 Å². The fraction of sp³-hybridized carbons (Fsp3) is 0.500. The number of halogens is 1. The highest BCUT2D eigenvalue weighted by Crippen LogP contribution is 2.40. The summed E-state index contributed by atoms with van der Waals surface area (Å²) in [7, 11) is 2.95. The van der Waals surface area contributed by atoms with Gasteiger partial charge in [0.15, 0.2) is 11.6 Å². The van der Waals surface area contributed by atoms with Gasteiger partial charge in [-0.1, -0.05) is 19.9 Å². The number of benzene rings is 2. The lowest BCUT2D eigenvalue weighted by molar-refractivity contribution is -0.145. The van der Waals surface area contributed by atoms with Crippen LogP contribution in [0.2, 0.25) is 0 Å². The van der Waals surface area contributed by atoms with Gasteiger partial charge in [0.25, 0.3) is 0 Å². The number of rotatable bonds is 10. The molecule has 1 fully saturated rings. The highest BCUT2D eigenvalue weighted by Gasteiger charge is 2.40. The van der Waals surface area contributed by atoms with Crippen molar-refractivity contribution in [3.05, 3.63) is 41.2 Å². The van der Waals surface area contributed by atoms with E-state index < -0.39 is 17.3 Å². The van der Waals surface area contributed by atoms with E-state index in [1.807, 2.05) is 6.07 Å². The minimum atomic E-state index is -1.11. The molecule has 186 valence electrons. The number of anilines is 1. The lowest BCUT2D eigenvalue weighted by Crippen LogP contribution is -2.50. The zero-order valence-electron chi connectivity index (χ0n) is 20.5. The van der Waals surface area contributed by atoms with Gasteiger partial charge >= 0.3 is 5.97 Å². The first-order chi connectivity index (χ1) is 16.2. The van der Waals surface area contributed by atoms with E-state index in [9.17, 15) is 9.90 Å². The Morgan fingerprint density at radius 1 is 1.18 bits per heavy atom. The average molecular weight is 476 g/mol. The zero-order chi connectivity index (χ0) is 24.9. The number of hydrogen-bond acceptors (Lipinski definition) is 6. The van der Waals surface area contributed by atoms with Crippen molar-refractivity contribution in [2.75, 3.05) is 39.4 Å². The van der Waals surface area contributed by atoms with Crippen molar-refractivity contribution in [1.29, 1.82) is 0 Å². The van der Waals surface area contributed by atoms with Gasteiger partial charge in [0.2, 0.25) is 0 Å². The Kier molecular flexibility index (Phi) is 8.38. The number of carboxylic acid groups (broad SMARTS) is 1. The molecule has 0 aromatic heterocycles. The van der Waals surface area contributed by atoms with Crippen LogP contribution in [0.4, 0.5) is 10.1 Å². The summed E-state index contributed by atoms with van der Waals surface area (Å²) in [6.45, 7) is 7.36. The molecule has 8 heteroatoms. The maximum Gasteiger partial charge on any atom is 0.329 e. The Morgan fingerprint density at radius 2 is 1.88 bits per heavy atom. The molecule has 2 N–H and O–H groups in total. The van der Waals surface area contributed by atoms with E-state index >= 15 is 4.39 Å². The van der Waals surface area contributed by atoms with Crippen molar-refractivity contribution in [2.24, 2.45) is 5.92 Å². The minimum absolute atomic E-state index is 0.123. The van der Waals surface area contributed by atoms with Gasteiger partial charge in [-0.25, -0.2) is 9.18 Å². The zero-order valence-corrected chi connectivity index (χ0v) is 20.5. The van der Waals surface area contributed by atoms with Gasteiger partial charge in [-0.2, -0.15) is 0 Å². The highest BCUT2D eigenvalue weighted by molar-refractivity contribution is 5.83. The second kappa shape index (κ2) is 11.1. The highest BCUT2D eigenvalue weighted by atomic mass is 19.1. The molecule has 0 radical (unpaired) electrons. The van der Waals surface area contributed by atoms with Gasteiger partial charge in [0.1, 0.15) is 11.3 Å². The second-order valence-electron chi connectivity index (χ2n) is 9.00. The summed E-state index contributed by atoms with van der Waals surface area (Å²) in [5.74, 6) is -0.442. The number of ether oxygens (including phenoxy) is 4. The summed E-state index contributed by atoms with van der Waals surface area (Å²) in [6.07, 6.45) is 0.703. The van der Waals surface area contributed by atoms with Crippen molar-refractivity contribution in [3.8, 4) is 22.6 Å². The molecule has 7 nitrogen and oxygen atoms in total. The topological polar surface area (TPSA) is 86.3 Å². The van der Waals surface area contributed by atoms with Gasteiger partial charge < -0.3 is 29.4 Å². The third-order valence-electron chi connectivity index (χ3n) is 6.09. The molecule has 0 saturated carbocycles. The number of carboxylic acids is 1. The first-order valence-electron chi connectivity index (χ1n) is 11.4. The maximum absolute atomic E-state index is 15.5. The number of hydrogen-bond donors (Lipinski definition) is 2. The molecule has 1 heterocycles. The van der Waals surface area contributed by atoms with E-state index in [1.165, 1.54) is 14.2 Å². The molecule has 0 bridgehead atoms. The van der Waals surface area contributed by atoms with Crippen molar-refractivity contribution >= 4 is 11.7 Å². The molecule has 2 aromatic carbocycles. The van der Waals surface area contributed by atoms with E-state index in [-0.39, 0.29) is 12.4 Å². The van der Waals surface area contributed by atoms with Crippen LogP contribution in [-0.4, -0.2) is 50.7 Å². The van der Waals surface area contributed by atoms with Crippen LogP contribution in [-0.2, 0) is 20.9 Å². The van der Waals surface area contributed by atoms with Crippen LogP contribution in [0.5, 0.6) is 11.5 Å². The fourth-order valence-corrected chi connectivity index (χ4v) is 4.20. The maximum atomic E-state index is 15.5. The molecule has 1 saturated heterocycles. The molecule has 0 unspecified atom stereocenters. The smallest absolute Gasteiger partial charge is 0.329 e. The van der Waals surface area contributed by atoms with E-state index in [0.717, 1.165) is 5.56 Å². The molecule has 3 rings (SSSR count). The van der Waals surface area contributed by atoms with Crippen LogP contribution in [0, 0.1) is 18.7 Å². The Labute approximate surface area is 200 Å². The van der Waals surface area contributed by atoms with E-state index in [4.69, 9.17) is 18.9 Å². The molecule has 0 aliphatic carbocycles. The lowest BCUT2D eigenvalue weighted by Gasteiger charge is -2.35. The van der Waals surface area contributed by atoms with Gasteiger partial charge in [-0.15, -0.1) is 0 Å². The predicted molar refractivity (Wildman–Crippen MR) is 128 cm³/mol. The van der Waals surface area contributed by atoms with Crippen LogP contribution >= 0.6 is 0 Å². The SMILES string of the molecule is COc1cc(-c2ccc(NC3(C(=O)O)CCOCC3)cc2COCC(C)C)c(F)c(OC)c1C. The minimum Gasteiger partial charge on any atom is -0.496 e. The van der Waals surface area contributed by atoms with Crippen LogP contribution in [0.25, 0.3) is 11.1 Å². The fourth-order valence-electron chi connectivity index (χ4n) is 4.20. The first-order valence-corrected chi connectivity index (χ1v) is 11.4. The van der Waals surface area contributed by atoms with Crippen molar-refractivity contribution in [2.45, 2.75) is 45.8 Å². The summed E-state index contributed by atoms with van der Waals surface area (Å²) in [4.78, 5) is 12.1. The van der Waals surface area contributed by atoms with Crippen LogP contribution in [0.1, 0.15) is 37.8 Å². The van der Waals surface area contributed by atoms with E-state index in [2.05, 4.69) is 19.2 Å². The average Bonchev–Trinajstić information content (AvgIpc) is 2.80. The standard InChI is InChI=1S/C26H34FNO6/c1-16(2)14-34-15-18-12-19(28-26(25(29)30)8-10-33-11-9-26)6-7-20(18)21-13-22(31-4)17(3)24(32-5)23(21)27/h6-7,12-13,16,28H,8-11,14-15H2,1-5H3,(H,29,30). The normalized spacial score (nSPS) is 15.3. The Bertz CT molecular complexity index is 1020. The number of carbonyl (C=O) groups is 1. The number of nitrogens with one attached hydrogen (secondary N) is 1.